The Labute approximate surface area is 144 Å². The monoisotopic (exact) mass is 382 g/mol. The van der Waals surface area contributed by atoms with Crippen LogP contribution in [0.3, 0.4) is 0 Å². The second-order valence-electron chi connectivity index (χ2n) is 5.59. The summed E-state index contributed by atoms with van der Waals surface area (Å²) in [6, 6.07) is 5.33. The second-order valence-corrected chi connectivity index (χ2v) is 9.49. The van der Waals surface area contributed by atoms with E-state index >= 15 is 0 Å². The lowest BCUT2D eigenvalue weighted by Gasteiger charge is -2.34. The molecule has 1 aliphatic rings. The molecule has 2 N–H and O–H groups in total. The molecule has 1 aromatic carbocycles. The van der Waals surface area contributed by atoms with Crippen molar-refractivity contribution in [1.29, 1.82) is 0 Å². The van der Waals surface area contributed by atoms with E-state index in [0.29, 0.717) is 19.5 Å². The second kappa shape index (κ2) is 7.94. The molecule has 6 nitrogen and oxygen atoms in total. The Morgan fingerprint density at radius 1 is 1.09 bits per heavy atom. The maximum absolute atomic E-state index is 12.8. The van der Waals surface area contributed by atoms with E-state index in [1.807, 2.05) is 0 Å². The van der Waals surface area contributed by atoms with Crippen molar-refractivity contribution in [2.24, 2.45) is 5.73 Å². The number of rotatable bonds is 5. The van der Waals surface area contributed by atoms with E-state index in [2.05, 4.69) is 0 Å². The van der Waals surface area contributed by atoms with Crippen LogP contribution in [0.15, 0.2) is 34.1 Å². The largest absolute Gasteiger partial charge is 0.330 e. The molecule has 0 amide bonds. The van der Waals surface area contributed by atoms with Crippen molar-refractivity contribution in [2.75, 3.05) is 19.3 Å². The van der Waals surface area contributed by atoms with Crippen LogP contribution in [0.4, 0.5) is 0 Å². The van der Waals surface area contributed by atoms with Crippen LogP contribution in [-0.2, 0) is 19.9 Å². The number of sulfonamides is 1. The number of hydrogen-bond acceptors (Lipinski definition) is 5. The molecule has 1 heterocycles. The summed E-state index contributed by atoms with van der Waals surface area (Å²) < 4.78 is 50.0. The summed E-state index contributed by atoms with van der Waals surface area (Å²) in [5.41, 5.74) is 5.58. The Bertz CT molecular complexity index is 716. The Morgan fingerprint density at radius 2 is 1.65 bits per heavy atom. The highest BCUT2D eigenvalue weighted by atomic mass is 35.5. The maximum atomic E-state index is 12.8. The molecular weight excluding hydrogens is 360 g/mol. The highest BCUT2D eigenvalue weighted by Crippen LogP contribution is 2.27. The van der Waals surface area contributed by atoms with Crippen LogP contribution in [0, 0.1) is 0 Å². The molecule has 0 saturated carbocycles. The fourth-order valence-electron chi connectivity index (χ4n) is 2.77. The Hall–Kier alpha value is -0.670. The number of sulfone groups is 1. The van der Waals surface area contributed by atoms with Crippen molar-refractivity contribution < 1.29 is 16.8 Å². The molecule has 132 valence electrons. The first-order valence-corrected chi connectivity index (χ1v) is 10.6. The fraction of sp³-hybridized carbons (Fsp3) is 0.571. The minimum Gasteiger partial charge on any atom is -0.330 e. The predicted octanol–water partition coefficient (Wildman–Crippen LogP) is 1.40. The third-order valence-electron chi connectivity index (χ3n) is 3.93. The standard InChI is InChI=1S/C14H22N2O4S2.ClH/c1-21(17,18)13-5-7-14(8-6-13)22(19,20)16-11-3-2-4-12(16)9-10-15;/h5-8,12H,2-4,9-11,15H2,1H3;1H. The lowest BCUT2D eigenvalue weighted by atomic mass is 10.0. The van der Waals surface area contributed by atoms with E-state index in [9.17, 15) is 16.8 Å². The number of nitrogens with zero attached hydrogens (tertiary/aromatic N) is 1. The Morgan fingerprint density at radius 3 is 2.17 bits per heavy atom. The van der Waals surface area contributed by atoms with Gasteiger partial charge in [0.15, 0.2) is 9.84 Å². The van der Waals surface area contributed by atoms with Gasteiger partial charge in [-0.05, 0) is 50.1 Å². The van der Waals surface area contributed by atoms with Crippen molar-refractivity contribution in [3.63, 3.8) is 0 Å². The third-order valence-corrected chi connectivity index (χ3v) is 7.03. The van der Waals surface area contributed by atoms with E-state index in [1.54, 1.807) is 0 Å². The molecule has 1 unspecified atom stereocenters. The van der Waals surface area contributed by atoms with Crippen molar-refractivity contribution >= 4 is 32.3 Å². The zero-order valence-electron chi connectivity index (χ0n) is 13.0. The molecule has 9 heteroatoms. The highest BCUT2D eigenvalue weighted by molar-refractivity contribution is 7.90. The van der Waals surface area contributed by atoms with Crippen LogP contribution in [0.1, 0.15) is 25.7 Å². The molecule has 0 aliphatic carbocycles. The van der Waals surface area contributed by atoms with Crippen LogP contribution < -0.4 is 5.73 Å². The summed E-state index contributed by atoms with van der Waals surface area (Å²) in [6.45, 7) is 0.935. The summed E-state index contributed by atoms with van der Waals surface area (Å²) in [7, 11) is -6.95. The average molecular weight is 383 g/mol. The van der Waals surface area contributed by atoms with Gasteiger partial charge in [0.05, 0.1) is 9.79 Å². The minimum atomic E-state index is -3.61. The van der Waals surface area contributed by atoms with Gasteiger partial charge in [-0.3, -0.25) is 0 Å². The van der Waals surface area contributed by atoms with Gasteiger partial charge in [0, 0.05) is 18.8 Å². The first-order chi connectivity index (χ1) is 10.3. The van der Waals surface area contributed by atoms with Crippen LogP contribution >= 0.6 is 12.4 Å². The van der Waals surface area contributed by atoms with Gasteiger partial charge < -0.3 is 5.73 Å². The first-order valence-electron chi connectivity index (χ1n) is 7.29. The van der Waals surface area contributed by atoms with Gasteiger partial charge in [-0.1, -0.05) is 6.42 Å². The van der Waals surface area contributed by atoms with E-state index in [1.165, 1.54) is 28.6 Å². The van der Waals surface area contributed by atoms with Crippen molar-refractivity contribution in [2.45, 2.75) is 41.5 Å². The molecule has 1 saturated heterocycles. The van der Waals surface area contributed by atoms with Crippen molar-refractivity contribution in [1.82, 2.24) is 4.31 Å². The number of piperidine rings is 1. The van der Waals surface area contributed by atoms with E-state index in [4.69, 9.17) is 5.73 Å². The van der Waals surface area contributed by atoms with Gasteiger partial charge in [-0.15, -0.1) is 12.4 Å². The van der Waals surface area contributed by atoms with Gasteiger partial charge in [0.1, 0.15) is 0 Å². The molecule has 1 aliphatic heterocycles. The third kappa shape index (κ3) is 4.67. The zero-order chi connectivity index (χ0) is 16.4. The van der Waals surface area contributed by atoms with Gasteiger partial charge >= 0.3 is 0 Å². The number of hydrogen-bond donors (Lipinski definition) is 1. The van der Waals surface area contributed by atoms with E-state index < -0.39 is 19.9 Å². The Kier molecular flexibility index (Phi) is 7.03. The van der Waals surface area contributed by atoms with Gasteiger partial charge in [0.2, 0.25) is 10.0 Å². The molecule has 0 spiro atoms. The highest BCUT2D eigenvalue weighted by Gasteiger charge is 2.33. The predicted molar refractivity (Wildman–Crippen MR) is 92.0 cm³/mol. The number of halogens is 1. The number of benzene rings is 1. The lowest BCUT2D eigenvalue weighted by Crippen LogP contribution is -2.44. The summed E-state index contributed by atoms with van der Waals surface area (Å²) in [5.74, 6) is 0. The molecule has 0 bridgehead atoms. The summed E-state index contributed by atoms with van der Waals surface area (Å²) in [5, 5.41) is 0. The summed E-state index contributed by atoms with van der Waals surface area (Å²) >= 11 is 0. The van der Waals surface area contributed by atoms with Gasteiger partial charge in [-0.25, -0.2) is 16.8 Å². The van der Waals surface area contributed by atoms with Crippen molar-refractivity contribution in [3.8, 4) is 0 Å². The van der Waals surface area contributed by atoms with Crippen LogP contribution in [0.5, 0.6) is 0 Å². The van der Waals surface area contributed by atoms with Gasteiger partial charge in [-0.2, -0.15) is 4.31 Å². The Balaban J connectivity index is 0.00000264. The molecule has 23 heavy (non-hydrogen) atoms. The zero-order valence-corrected chi connectivity index (χ0v) is 15.5. The van der Waals surface area contributed by atoms with E-state index in [-0.39, 0.29) is 28.2 Å². The quantitative estimate of drug-likeness (QED) is 0.830. The van der Waals surface area contributed by atoms with Gasteiger partial charge in [0.25, 0.3) is 0 Å². The van der Waals surface area contributed by atoms with Crippen molar-refractivity contribution in [3.05, 3.63) is 24.3 Å². The summed E-state index contributed by atoms with van der Waals surface area (Å²) in [4.78, 5) is 0.243. The lowest BCUT2D eigenvalue weighted by molar-refractivity contribution is 0.243. The smallest absolute Gasteiger partial charge is 0.243 e. The van der Waals surface area contributed by atoms with Crippen LogP contribution in [0.25, 0.3) is 0 Å². The molecule has 2 rings (SSSR count). The fourth-order valence-corrected chi connectivity index (χ4v) is 5.12. The average Bonchev–Trinajstić information content (AvgIpc) is 2.47. The maximum Gasteiger partial charge on any atom is 0.243 e. The summed E-state index contributed by atoms with van der Waals surface area (Å²) in [6.07, 6.45) is 4.39. The minimum absolute atomic E-state index is 0. The van der Waals surface area contributed by atoms with E-state index in [0.717, 1.165) is 25.5 Å². The molecular formula is C14H23ClN2O4S2. The van der Waals surface area contributed by atoms with Crippen LogP contribution in [-0.4, -0.2) is 46.5 Å². The molecule has 1 fully saturated rings. The molecule has 0 aromatic heterocycles. The molecule has 0 radical (unpaired) electrons. The topological polar surface area (TPSA) is 97.5 Å². The first kappa shape index (κ1) is 20.4. The van der Waals surface area contributed by atoms with Crippen LogP contribution in [0.2, 0.25) is 0 Å². The SMILES string of the molecule is CS(=O)(=O)c1ccc(S(=O)(=O)N2CCCCC2CCN)cc1.Cl. The molecule has 1 atom stereocenters. The number of nitrogens with two attached hydrogens (primary N) is 1. The normalized spacial score (nSPS) is 20.0. The molecule has 1 aromatic rings.